The SMILES string of the molecule is Cc1ccc(S(=O)(=O)NCCCOCCNS(=O)(=O)c2ccc(C)cc2)cc1. The second-order valence-corrected chi connectivity index (χ2v) is 9.92. The number of hydrogen-bond acceptors (Lipinski definition) is 5. The Bertz CT molecular complexity index is 873. The Balaban J connectivity index is 1.63. The van der Waals surface area contributed by atoms with E-state index in [0.717, 1.165) is 11.1 Å². The maximum absolute atomic E-state index is 12.1. The van der Waals surface area contributed by atoms with Crippen LogP contribution in [0.25, 0.3) is 0 Å². The Hall–Kier alpha value is -1.78. The van der Waals surface area contributed by atoms with Crippen LogP contribution in [-0.4, -0.2) is 43.1 Å². The van der Waals surface area contributed by atoms with Crippen LogP contribution in [0.2, 0.25) is 0 Å². The molecule has 0 saturated carbocycles. The fourth-order valence-electron chi connectivity index (χ4n) is 2.33. The van der Waals surface area contributed by atoms with Crippen molar-refractivity contribution in [2.24, 2.45) is 0 Å². The highest BCUT2D eigenvalue weighted by molar-refractivity contribution is 7.89. The fourth-order valence-corrected chi connectivity index (χ4v) is 4.42. The van der Waals surface area contributed by atoms with Gasteiger partial charge < -0.3 is 4.74 Å². The molecule has 28 heavy (non-hydrogen) atoms. The molecule has 2 N–H and O–H groups in total. The van der Waals surface area contributed by atoms with Gasteiger partial charge in [-0.25, -0.2) is 26.3 Å². The first kappa shape index (κ1) is 22.5. The number of hydrogen-bond donors (Lipinski definition) is 2. The van der Waals surface area contributed by atoms with E-state index in [-0.39, 0.29) is 29.5 Å². The van der Waals surface area contributed by atoms with Crippen molar-refractivity contribution in [1.29, 1.82) is 0 Å². The van der Waals surface area contributed by atoms with Crippen LogP contribution < -0.4 is 9.44 Å². The molecule has 0 saturated heterocycles. The second kappa shape index (κ2) is 10.1. The van der Waals surface area contributed by atoms with Crippen molar-refractivity contribution in [2.45, 2.75) is 30.1 Å². The molecule has 0 aromatic heterocycles. The largest absolute Gasteiger partial charge is 0.380 e. The molecule has 154 valence electrons. The zero-order chi connectivity index (χ0) is 20.6. The standard InChI is InChI=1S/C19H26N2O5S2/c1-16-4-8-18(9-5-16)27(22,23)20-12-3-14-26-15-13-21-28(24,25)19-10-6-17(2)7-11-19/h4-11,20-21H,3,12-15H2,1-2H3. The zero-order valence-electron chi connectivity index (χ0n) is 16.0. The summed E-state index contributed by atoms with van der Waals surface area (Å²) in [6, 6.07) is 13.2. The van der Waals surface area contributed by atoms with Crippen LogP contribution in [0, 0.1) is 13.8 Å². The molecule has 2 aromatic rings. The van der Waals surface area contributed by atoms with E-state index in [0.29, 0.717) is 13.0 Å². The molecule has 2 rings (SSSR count). The van der Waals surface area contributed by atoms with E-state index in [1.54, 1.807) is 48.5 Å². The minimum absolute atomic E-state index is 0.144. The molecule has 7 nitrogen and oxygen atoms in total. The summed E-state index contributed by atoms with van der Waals surface area (Å²) in [6.45, 7) is 4.69. The van der Waals surface area contributed by atoms with Crippen molar-refractivity contribution in [3.63, 3.8) is 0 Å². The molecular weight excluding hydrogens is 400 g/mol. The number of benzene rings is 2. The van der Waals surface area contributed by atoms with Gasteiger partial charge in [0, 0.05) is 19.7 Å². The van der Waals surface area contributed by atoms with Crippen molar-refractivity contribution < 1.29 is 21.6 Å². The monoisotopic (exact) mass is 426 g/mol. The predicted molar refractivity (Wildman–Crippen MR) is 108 cm³/mol. The first-order valence-corrected chi connectivity index (χ1v) is 11.9. The zero-order valence-corrected chi connectivity index (χ0v) is 17.6. The molecular formula is C19H26N2O5S2. The van der Waals surface area contributed by atoms with Crippen LogP contribution in [-0.2, 0) is 24.8 Å². The van der Waals surface area contributed by atoms with Crippen LogP contribution in [0.5, 0.6) is 0 Å². The average molecular weight is 427 g/mol. The van der Waals surface area contributed by atoms with Gasteiger partial charge in [0.05, 0.1) is 16.4 Å². The van der Waals surface area contributed by atoms with Gasteiger partial charge in [0.1, 0.15) is 0 Å². The molecule has 0 radical (unpaired) electrons. The van der Waals surface area contributed by atoms with Gasteiger partial charge in [-0.05, 0) is 44.5 Å². The Morgan fingerprint density at radius 2 is 1.11 bits per heavy atom. The summed E-state index contributed by atoms with van der Waals surface area (Å²) in [6.07, 6.45) is 0.482. The molecule has 0 atom stereocenters. The van der Waals surface area contributed by atoms with Gasteiger partial charge in [-0.2, -0.15) is 0 Å². The van der Waals surface area contributed by atoms with Gasteiger partial charge in [-0.1, -0.05) is 35.4 Å². The molecule has 0 aliphatic rings. The lowest BCUT2D eigenvalue weighted by molar-refractivity contribution is 0.137. The number of ether oxygens (including phenoxy) is 1. The topological polar surface area (TPSA) is 102 Å². The van der Waals surface area contributed by atoms with E-state index < -0.39 is 20.0 Å². The van der Waals surface area contributed by atoms with E-state index in [1.807, 2.05) is 13.8 Å². The van der Waals surface area contributed by atoms with Crippen LogP contribution in [0.4, 0.5) is 0 Å². The van der Waals surface area contributed by atoms with E-state index in [1.165, 1.54) is 0 Å². The summed E-state index contributed by atoms with van der Waals surface area (Å²) >= 11 is 0. The molecule has 0 amide bonds. The average Bonchev–Trinajstić information content (AvgIpc) is 2.64. The number of sulfonamides is 2. The van der Waals surface area contributed by atoms with Gasteiger partial charge >= 0.3 is 0 Å². The fraction of sp³-hybridized carbons (Fsp3) is 0.368. The Kier molecular flexibility index (Phi) is 8.14. The summed E-state index contributed by atoms with van der Waals surface area (Å²) < 4.78 is 58.8. The molecule has 0 aliphatic heterocycles. The van der Waals surface area contributed by atoms with Gasteiger partial charge in [0.15, 0.2) is 0 Å². The highest BCUT2D eigenvalue weighted by atomic mass is 32.2. The van der Waals surface area contributed by atoms with Crippen LogP contribution in [0.15, 0.2) is 58.3 Å². The highest BCUT2D eigenvalue weighted by Crippen LogP contribution is 2.10. The molecule has 0 aliphatic carbocycles. The Morgan fingerprint density at radius 1 is 0.679 bits per heavy atom. The summed E-state index contributed by atoms with van der Waals surface area (Å²) in [4.78, 5) is 0.438. The Labute approximate surface area is 167 Å². The minimum Gasteiger partial charge on any atom is -0.380 e. The molecule has 0 spiro atoms. The van der Waals surface area contributed by atoms with Crippen molar-refractivity contribution in [3.05, 3.63) is 59.7 Å². The molecule has 0 unspecified atom stereocenters. The molecule has 0 heterocycles. The predicted octanol–water partition coefficient (Wildman–Crippen LogP) is 1.97. The van der Waals surface area contributed by atoms with Crippen LogP contribution in [0.1, 0.15) is 17.5 Å². The van der Waals surface area contributed by atoms with Crippen molar-refractivity contribution in [1.82, 2.24) is 9.44 Å². The van der Waals surface area contributed by atoms with E-state index in [2.05, 4.69) is 9.44 Å². The first-order valence-electron chi connectivity index (χ1n) is 8.91. The second-order valence-electron chi connectivity index (χ2n) is 6.39. The molecule has 0 bridgehead atoms. The third-order valence-corrected chi connectivity index (χ3v) is 6.91. The lowest BCUT2D eigenvalue weighted by Crippen LogP contribution is -2.28. The van der Waals surface area contributed by atoms with Crippen molar-refractivity contribution in [2.75, 3.05) is 26.3 Å². The van der Waals surface area contributed by atoms with Crippen LogP contribution in [0.3, 0.4) is 0 Å². The third-order valence-electron chi connectivity index (χ3n) is 3.96. The van der Waals surface area contributed by atoms with Crippen LogP contribution >= 0.6 is 0 Å². The molecule has 2 aromatic carbocycles. The third kappa shape index (κ3) is 6.99. The van der Waals surface area contributed by atoms with E-state index in [4.69, 9.17) is 4.74 Å². The number of rotatable bonds is 11. The number of nitrogens with one attached hydrogen (secondary N) is 2. The highest BCUT2D eigenvalue weighted by Gasteiger charge is 2.13. The summed E-state index contributed by atoms with van der Waals surface area (Å²) in [7, 11) is -7.07. The smallest absolute Gasteiger partial charge is 0.240 e. The summed E-state index contributed by atoms with van der Waals surface area (Å²) in [5.41, 5.74) is 1.98. The molecule has 9 heteroatoms. The van der Waals surface area contributed by atoms with Crippen molar-refractivity contribution in [3.8, 4) is 0 Å². The van der Waals surface area contributed by atoms with Gasteiger partial charge in [0.25, 0.3) is 0 Å². The minimum atomic E-state index is -3.55. The normalized spacial score (nSPS) is 12.2. The lowest BCUT2D eigenvalue weighted by atomic mass is 10.2. The van der Waals surface area contributed by atoms with Gasteiger partial charge in [-0.15, -0.1) is 0 Å². The van der Waals surface area contributed by atoms with Crippen molar-refractivity contribution >= 4 is 20.0 Å². The maximum Gasteiger partial charge on any atom is 0.240 e. The lowest BCUT2D eigenvalue weighted by Gasteiger charge is -2.09. The quantitative estimate of drug-likeness (QED) is 0.535. The van der Waals surface area contributed by atoms with Gasteiger partial charge in [0.2, 0.25) is 20.0 Å². The Morgan fingerprint density at radius 3 is 1.57 bits per heavy atom. The number of aryl methyl sites for hydroxylation is 2. The molecule has 0 fully saturated rings. The van der Waals surface area contributed by atoms with E-state index in [9.17, 15) is 16.8 Å². The van der Waals surface area contributed by atoms with E-state index >= 15 is 0 Å². The summed E-state index contributed by atoms with van der Waals surface area (Å²) in [5, 5.41) is 0. The maximum atomic E-state index is 12.1. The summed E-state index contributed by atoms with van der Waals surface area (Å²) in [5.74, 6) is 0. The van der Waals surface area contributed by atoms with Gasteiger partial charge in [-0.3, -0.25) is 0 Å². The first-order chi connectivity index (χ1) is 13.2.